The van der Waals surface area contributed by atoms with Crippen molar-refractivity contribution >= 4 is 23.2 Å². The Morgan fingerprint density at radius 2 is 1.84 bits per heavy atom. The summed E-state index contributed by atoms with van der Waals surface area (Å²) >= 11 is 5.96. The molecule has 0 spiro atoms. The zero-order chi connectivity index (χ0) is 17.6. The van der Waals surface area contributed by atoms with Gasteiger partial charge in [-0.2, -0.15) is 5.10 Å². The van der Waals surface area contributed by atoms with E-state index in [1.54, 1.807) is 19.1 Å². The summed E-state index contributed by atoms with van der Waals surface area (Å²) in [5, 5.41) is 5.20. The lowest BCUT2D eigenvalue weighted by molar-refractivity contribution is -0.127. The van der Waals surface area contributed by atoms with Crippen molar-refractivity contribution in [3.8, 4) is 5.75 Å². The number of ether oxygens (including phenoxy) is 1. The minimum absolute atomic E-state index is 0.198. The van der Waals surface area contributed by atoms with Gasteiger partial charge in [0.25, 0.3) is 5.91 Å². The van der Waals surface area contributed by atoms with Gasteiger partial charge in [0.15, 0.2) is 6.10 Å². The Bertz CT molecular complexity index is 686. The van der Waals surface area contributed by atoms with Crippen LogP contribution >= 0.6 is 11.6 Å². The summed E-state index contributed by atoms with van der Waals surface area (Å²) in [7, 11) is 0. The van der Waals surface area contributed by atoms with Gasteiger partial charge in [-0.15, -0.1) is 0 Å². The van der Waals surface area contributed by atoms with Gasteiger partial charge in [0.05, 0.1) is 0 Å². The van der Waals surface area contributed by atoms with Crippen LogP contribution in [0.5, 0.6) is 5.75 Å². The number of hydrazone groups is 1. The van der Waals surface area contributed by atoms with Crippen molar-refractivity contribution < 1.29 is 9.53 Å². The fraction of sp³-hybridized carbons (Fsp3) is 0.600. The van der Waals surface area contributed by atoms with E-state index >= 15 is 0 Å². The first-order valence-electron chi connectivity index (χ1n) is 9.29. The molecule has 0 aromatic heterocycles. The molecule has 0 aliphatic heterocycles. The van der Waals surface area contributed by atoms with Crippen LogP contribution in [0.3, 0.4) is 0 Å². The lowest BCUT2D eigenvalue weighted by Gasteiger charge is -2.50. The van der Waals surface area contributed by atoms with Crippen LogP contribution in [0.15, 0.2) is 23.3 Å². The van der Waals surface area contributed by atoms with E-state index in [4.69, 9.17) is 16.3 Å². The maximum Gasteiger partial charge on any atom is 0.280 e. The maximum atomic E-state index is 12.4. The molecule has 0 radical (unpaired) electrons. The molecule has 4 saturated carbocycles. The molecule has 5 heteroatoms. The normalized spacial score (nSPS) is 30.9. The molecule has 4 nitrogen and oxygen atoms in total. The number of benzene rings is 1. The molecule has 1 unspecified atom stereocenters. The van der Waals surface area contributed by atoms with Gasteiger partial charge in [-0.3, -0.25) is 4.79 Å². The standard InChI is InChI=1S/C20H25ClN2O2/c1-11-5-17(21)3-4-18(11)25-12(2)20(24)23-22-19-15-7-13-6-14(9-15)10-16(19)8-13/h3-5,12-16H,6-10H2,1-2H3,(H,23,24). The van der Waals surface area contributed by atoms with Crippen molar-refractivity contribution in [1.82, 2.24) is 5.43 Å². The van der Waals surface area contributed by atoms with Crippen molar-refractivity contribution in [3.05, 3.63) is 28.8 Å². The summed E-state index contributed by atoms with van der Waals surface area (Å²) < 4.78 is 5.78. The molecule has 1 aromatic rings. The van der Waals surface area contributed by atoms with Crippen LogP contribution < -0.4 is 10.2 Å². The Morgan fingerprint density at radius 1 is 1.20 bits per heavy atom. The van der Waals surface area contributed by atoms with E-state index in [1.165, 1.54) is 37.8 Å². The number of carbonyl (C=O) groups excluding carboxylic acids is 1. The zero-order valence-corrected chi connectivity index (χ0v) is 15.6. The quantitative estimate of drug-likeness (QED) is 0.812. The highest BCUT2D eigenvalue weighted by Gasteiger charge is 2.46. The van der Waals surface area contributed by atoms with E-state index in [-0.39, 0.29) is 5.91 Å². The highest BCUT2D eigenvalue weighted by molar-refractivity contribution is 6.30. The summed E-state index contributed by atoms with van der Waals surface area (Å²) in [6.07, 6.45) is 5.86. The fourth-order valence-corrected chi connectivity index (χ4v) is 5.28. The molecule has 4 aliphatic carbocycles. The molecule has 1 N–H and O–H groups in total. The highest BCUT2D eigenvalue weighted by Crippen LogP contribution is 2.52. The predicted octanol–water partition coefficient (Wildman–Crippen LogP) is 4.34. The smallest absolute Gasteiger partial charge is 0.280 e. The second-order valence-electron chi connectivity index (χ2n) is 7.99. The molecule has 0 saturated heterocycles. The van der Waals surface area contributed by atoms with Crippen molar-refractivity contribution in [2.24, 2.45) is 28.8 Å². The molecular weight excluding hydrogens is 336 g/mol. The zero-order valence-electron chi connectivity index (χ0n) is 14.8. The Kier molecular flexibility index (Phi) is 4.48. The van der Waals surface area contributed by atoms with Crippen molar-refractivity contribution in [1.29, 1.82) is 0 Å². The summed E-state index contributed by atoms with van der Waals surface area (Å²) in [5.74, 6) is 3.45. The SMILES string of the molecule is Cc1cc(Cl)ccc1OC(C)C(=O)NN=C1C2CC3CC(C2)CC1C3. The van der Waals surface area contributed by atoms with Crippen molar-refractivity contribution in [2.45, 2.75) is 52.1 Å². The first-order valence-corrected chi connectivity index (χ1v) is 9.67. The molecule has 5 rings (SSSR count). The summed E-state index contributed by atoms with van der Waals surface area (Å²) in [6.45, 7) is 3.67. The second-order valence-corrected chi connectivity index (χ2v) is 8.42. The molecule has 25 heavy (non-hydrogen) atoms. The first kappa shape index (κ1) is 16.9. The van der Waals surface area contributed by atoms with E-state index in [9.17, 15) is 4.79 Å². The maximum absolute atomic E-state index is 12.4. The van der Waals surface area contributed by atoms with Gasteiger partial charge in [-0.1, -0.05) is 11.6 Å². The fourth-order valence-electron chi connectivity index (χ4n) is 5.05. The average molecular weight is 361 g/mol. The number of halogens is 1. The van der Waals surface area contributed by atoms with Crippen LogP contribution in [0, 0.1) is 30.6 Å². The van der Waals surface area contributed by atoms with Gasteiger partial charge in [-0.25, -0.2) is 5.43 Å². The Balaban J connectivity index is 1.38. The molecule has 1 amide bonds. The van der Waals surface area contributed by atoms with Crippen molar-refractivity contribution in [3.63, 3.8) is 0 Å². The third kappa shape index (κ3) is 3.41. The molecule has 1 atom stereocenters. The number of hydrogen-bond donors (Lipinski definition) is 1. The van der Waals surface area contributed by atoms with Gasteiger partial charge in [0.1, 0.15) is 5.75 Å². The summed E-state index contributed by atoms with van der Waals surface area (Å²) in [6, 6.07) is 5.39. The van der Waals surface area contributed by atoms with Crippen molar-refractivity contribution in [2.75, 3.05) is 0 Å². The van der Waals surface area contributed by atoms with Gasteiger partial charge in [0, 0.05) is 10.7 Å². The van der Waals surface area contributed by atoms with E-state index in [1.807, 2.05) is 13.0 Å². The Labute approximate surface area is 154 Å². The third-order valence-electron chi connectivity index (χ3n) is 6.08. The van der Waals surface area contributed by atoms with Crippen LogP contribution in [0.2, 0.25) is 5.02 Å². The largest absolute Gasteiger partial charge is 0.481 e. The number of amides is 1. The van der Waals surface area contributed by atoms with Gasteiger partial charge < -0.3 is 4.74 Å². The molecular formula is C20H25ClN2O2. The number of carbonyl (C=O) groups is 1. The van der Waals surface area contributed by atoms with Gasteiger partial charge >= 0.3 is 0 Å². The van der Waals surface area contributed by atoms with Crippen LogP contribution in [0.1, 0.15) is 44.6 Å². The molecule has 4 aliphatic rings. The van der Waals surface area contributed by atoms with Crippen LogP contribution in [-0.2, 0) is 4.79 Å². The van der Waals surface area contributed by atoms with Crippen LogP contribution in [-0.4, -0.2) is 17.7 Å². The Hall–Kier alpha value is -1.55. The Morgan fingerprint density at radius 3 is 2.44 bits per heavy atom. The lowest BCUT2D eigenvalue weighted by atomic mass is 9.55. The first-order chi connectivity index (χ1) is 12.0. The minimum atomic E-state index is -0.596. The summed E-state index contributed by atoms with van der Waals surface area (Å²) in [5.41, 5.74) is 4.91. The molecule has 134 valence electrons. The van der Waals surface area contributed by atoms with E-state index in [0.29, 0.717) is 22.6 Å². The summed E-state index contributed by atoms with van der Waals surface area (Å²) in [4.78, 5) is 12.4. The minimum Gasteiger partial charge on any atom is -0.481 e. The number of aryl methyl sites for hydroxylation is 1. The van der Waals surface area contributed by atoms with E-state index in [2.05, 4.69) is 10.5 Å². The number of nitrogens with zero attached hydrogens (tertiary/aromatic N) is 1. The third-order valence-corrected chi connectivity index (χ3v) is 6.31. The molecule has 0 heterocycles. The average Bonchev–Trinajstić information content (AvgIpc) is 2.55. The van der Waals surface area contributed by atoms with Crippen LogP contribution in [0.25, 0.3) is 0 Å². The topological polar surface area (TPSA) is 50.7 Å². The van der Waals surface area contributed by atoms with E-state index in [0.717, 1.165) is 17.4 Å². The second kappa shape index (κ2) is 6.64. The van der Waals surface area contributed by atoms with Gasteiger partial charge in [0.2, 0.25) is 0 Å². The van der Waals surface area contributed by atoms with Gasteiger partial charge in [-0.05, 0) is 93.4 Å². The predicted molar refractivity (Wildman–Crippen MR) is 98.9 cm³/mol. The van der Waals surface area contributed by atoms with E-state index < -0.39 is 6.10 Å². The number of rotatable bonds is 4. The van der Waals surface area contributed by atoms with Crippen LogP contribution in [0.4, 0.5) is 0 Å². The number of nitrogens with one attached hydrogen (secondary N) is 1. The number of hydrogen-bond acceptors (Lipinski definition) is 3. The molecule has 4 bridgehead atoms. The molecule has 4 fully saturated rings. The lowest BCUT2D eigenvalue weighted by Crippen LogP contribution is -2.46. The molecule has 1 aromatic carbocycles. The monoisotopic (exact) mass is 360 g/mol. The highest BCUT2D eigenvalue weighted by atomic mass is 35.5.